The zero-order chi connectivity index (χ0) is 19.6. The molecule has 0 radical (unpaired) electrons. The molecular weight excluding hydrogens is 348 g/mol. The maximum atomic E-state index is 12.8. The lowest BCUT2D eigenvalue weighted by molar-refractivity contribution is -0.158. The Balaban J connectivity index is 1.60. The van der Waals surface area contributed by atoms with Crippen molar-refractivity contribution in [2.75, 3.05) is 6.61 Å². The summed E-state index contributed by atoms with van der Waals surface area (Å²) in [5, 5.41) is 10.7. The van der Waals surface area contributed by atoms with Crippen LogP contribution in [0, 0.1) is 11.8 Å². The summed E-state index contributed by atoms with van der Waals surface area (Å²) in [7, 11) is 0. The average molecular weight is 378 g/mol. The molecule has 27 heavy (non-hydrogen) atoms. The predicted octanol–water partition coefficient (Wildman–Crippen LogP) is 2.86. The van der Waals surface area contributed by atoms with Crippen molar-refractivity contribution < 1.29 is 29.0 Å². The summed E-state index contributed by atoms with van der Waals surface area (Å²) >= 11 is 0. The summed E-state index contributed by atoms with van der Waals surface area (Å²) in [6, 6.07) is 0. The minimum atomic E-state index is -1.37. The van der Waals surface area contributed by atoms with Crippen LogP contribution in [0.2, 0.25) is 0 Å². The number of ether oxygens (including phenoxy) is 2. The van der Waals surface area contributed by atoms with Crippen LogP contribution in [-0.2, 0) is 23.9 Å². The van der Waals surface area contributed by atoms with Gasteiger partial charge in [-0.05, 0) is 25.3 Å². The van der Waals surface area contributed by atoms with E-state index in [4.69, 9.17) is 9.47 Å². The van der Waals surface area contributed by atoms with Gasteiger partial charge < -0.3 is 14.6 Å². The van der Waals surface area contributed by atoms with Gasteiger partial charge in [0.25, 0.3) is 0 Å². The molecule has 0 bridgehead atoms. The molecule has 2 aliphatic heterocycles. The molecule has 6 nitrogen and oxygen atoms in total. The fourth-order valence-corrected chi connectivity index (χ4v) is 4.68. The molecule has 4 atom stereocenters. The first-order valence-electron chi connectivity index (χ1n) is 10.2. The molecule has 0 unspecified atom stereocenters. The zero-order valence-corrected chi connectivity index (χ0v) is 16.3. The number of rotatable bonds is 9. The molecule has 6 heteroatoms. The van der Waals surface area contributed by atoms with Crippen LogP contribution < -0.4 is 0 Å². The fraction of sp³-hybridized carbons (Fsp3) is 0.762. The number of carbonyl (C=O) groups excluding carboxylic acids is 3. The Labute approximate surface area is 160 Å². The zero-order valence-electron chi connectivity index (χ0n) is 16.3. The quantitative estimate of drug-likeness (QED) is 0.377. The maximum absolute atomic E-state index is 12.8. The van der Waals surface area contributed by atoms with E-state index in [1.807, 2.05) is 0 Å². The SMILES string of the molecule is CCCCCCCCC[C@H](O)[C@@H]1C(=O)O[C@]2(C)C(=O)C3=C(COC3=O)C[C@@H]12. The van der Waals surface area contributed by atoms with Gasteiger partial charge in [-0.1, -0.05) is 51.9 Å². The van der Waals surface area contributed by atoms with Gasteiger partial charge in [-0.3, -0.25) is 9.59 Å². The number of cyclic esters (lactones) is 1. The van der Waals surface area contributed by atoms with E-state index in [9.17, 15) is 19.5 Å². The summed E-state index contributed by atoms with van der Waals surface area (Å²) in [5.41, 5.74) is -0.687. The minimum absolute atomic E-state index is 0.0452. The van der Waals surface area contributed by atoms with Crippen LogP contribution in [0.5, 0.6) is 0 Å². The van der Waals surface area contributed by atoms with Gasteiger partial charge >= 0.3 is 11.9 Å². The van der Waals surface area contributed by atoms with Crippen molar-refractivity contribution in [3.8, 4) is 0 Å². The van der Waals surface area contributed by atoms with Gasteiger partial charge in [0.1, 0.15) is 12.2 Å². The summed E-state index contributed by atoms with van der Waals surface area (Å²) in [5.74, 6) is -2.79. The highest BCUT2D eigenvalue weighted by Gasteiger charge is 2.63. The van der Waals surface area contributed by atoms with E-state index in [0.29, 0.717) is 18.4 Å². The number of carbonyl (C=O) groups is 3. The lowest BCUT2D eigenvalue weighted by Crippen LogP contribution is -2.48. The van der Waals surface area contributed by atoms with E-state index in [1.54, 1.807) is 6.92 Å². The molecule has 0 saturated carbocycles. The van der Waals surface area contributed by atoms with Gasteiger partial charge in [0.2, 0.25) is 5.78 Å². The number of hydrogen-bond donors (Lipinski definition) is 1. The molecular formula is C21H30O6. The number of aliphatic hydroxyl groups excluding tert-OH is 1. The standard InChI is InChI=1S/C21H30O6/c1-3-4-5-6-7-8-9-10-15(22)17-14-11-13-12-26-19(24)16(13)18(23)21(14,2)27-20(17)25/h14-15,17,22H,3-12H2,1-2H3/t14-,15-,17+,21-/m0/s1. The molecule has 1 N–H and O–H groups in total. The predicted molar refractivity (Wildman–Crippen MR) is 97.7 cm³/mol. The first-order valence-corrected chi connectivity index (χ1v) is 10.2. The van der Waals surface area contributed by atoms with Gasteiger partial charge in [-0.25, -0.2) is 4.79 Å². The minimum Gasteiger partial charge on any atom is -0.457 e. The van der Waals surface area contributed by atoms with Crippen LogP contribution in [0.25, 0.3) is 0 Å². The molecule has 0 amide bonds. The normalized spacial score (nSPS) is 30.9. The number of aliphatic hydroxyl groups is 1. The molecule has 0 aromatic carbocycles. The molecule has 2 heterocycles. The van der Waals surface area contributed by atoms with Crippen LogP contribution in [0.15, 0.2) is 11.1 Å². The van der Waals surface area contributed by atoms with Crippen molar-refractivity contribution in [3.05, 3.63) is 11.1 Å². The molecule has 3 aliphatic rings. The number of unbranched alkanes of at least 4 members (excludes halogenated alkanes) is 6. The second kappa shape index (κ2) is 8.13. The highest BCUT2D eigenvalue weighted by molar-refractivity contribution is 6.23. The molecule has 1 aliphatic carbocycles. The van der Waals surface area contributed by atoms with Gasteiger partial charge in [-0.2, -0.15) is 0 Å². The van der Waals surface area contributed by atoms with E-state index >= 15 is 0 Å². The largest absolute Gasteiger partial charge is 0.457 e. The van der Waals surface area contributed by atoms with Gasteiger partial charge in [0, 0.05) is 5.92 Å². The van der Waals surface area contributed by atoms with E-state index in [-0.39, 0.29) is 12.2 Å². The maximum Gasteiger partial charge on any atom is 0.342 e. The van der Waals surface area contributed by atoms with Crippen molar-refractivity contribution in [1.29, 1.82) is 0 Å². The lowest BCUT2D eigenvalue weighted by Gasteiger charge is -2.34. The molecule has 3 rings (SSSR count). The second-order valence-electron chi connectivity index (χ2n) is 8.23. The Bertz CT molecular complexity index is 651. The Hall–Kier alpha value is -1.69. The third kappa shape index (κ3) is 3.68. The highest BCUT2D eigenvalue weighted by Crippen LogP contribution is 2.49. The van der Waals surface area contributed by atoms with Crippen LogP contribution in [0.4, 0.5) is 0 Å². The molecule has 1 fully saturated rings. The number of ketones is 1. The Morgan fingerprint density at radius 2 is 1.78 bits per heavy atom. The second-order valence-corrected chi connectivity index (χ2v) is 8.23. The Kier molecular flexibility index (Phi) is 6.04. The van der Waals surface area contributed by atoms with E-state index in [2.05, 4.69) is 6.92 Å². The Morgan fingerprint density at radius 3 is 2.48 bits per heavy atom. The van der Waals surface area contributed by atoms with Crippen molar-refractivity contribution in [1.82, 2.24) is 0 Å². The lowest BCUT2D eigenvalue weighted by atomic mass is 9.68. The Morgan fingerprint density at radius 1 is 1.11 bits per heavy atom. The van der Waals surface area contributed by atoms with Crippen LogP contribution in [0.3, 0.4) is 0 Å². The van der Waals surface area contributed by atoms with Crippen molar-refractivity contribution in [2.45, 2.75) is 83.3 Å². The number of esters is 2. The third-order valence-corrected chi connectivity index (χ3v) is 6.32. The molecule has 0 aromatic rings. The molecule has 150 valence electrons. The smallest absolute Gasteiger partial charge is 0.342 e. The van der Waals surface area contributed by atoms with E-state index < -0.39 is 41.3 Å². The summed E-state index contributed by atoms with van der Waals surface area (Å²) < 4.78 is 10.4. The molecule has 1 saturated heterocycles. The molecule has 0 spiro atoms. The van der Waals surface area contributed by atoms with Gasteiger partial charge in [-0.15, -0.1) is 0 Å². The van der Waals surface area contributed by atoms with E-state index in [0.717, 1.165) is 19.3 Å². The monoisotopic (exact) mass is 378 g/mol. The topological polar surface area (TPSA) is 89.9 Å². The van der Waals surface area contributed by atoms with E-state index in [1.165, 1.54) is 25.7 Å². The number of fused-ring (bicyclic) bond motifs is 1. The van der Waals surface area contributed by atoms with Gasteiger partial charge in [0.05, 0.1) is 12.0 Å². The third-order valence-electron chi connectivity index (χ3n) is 6.32. The van der Waals surface area contributed by atoms with Crippen LogP contribution in [-0.4, -0.2) is 41.1 Å². The first-order chi connectivity index (χ1) is 12.9. The number of hydrogen-bond acceptors (Lipinski definition) is 6. The molecule has 0 aromatic heterocycles. The summed E-state index contributed by atoms with van der Waals surface area (Å²) in [6.07, 6.45) is 8.02. The van der Waals surface area contributed by atoms with Crippen molar-refractivity contribution in [3.63, 3.8) is 0 Å². The van der Waals surface area contributed by atoms with Crippen LogP contribution in [0.1, 0.15) is 71.6 Å². The summed E-state index contributed by atoms with van der Waals surface area (Å²) in [4.78, 5) is 37.1. The van der Waals surface area contributed by atoms with Crippen LogP contribution >= 0.6 is 0 Å². The highest BCUT2D eigenvalue weighted by atomic mass is 16.6. The number of Topliss-reactive ketones (excluding diaryl/α,β-unsaturated/α-hetero) is 1. The van der Waals surface area contributed by atoms with Gasteiger partial charge in [0.15, 0.2) is 5.60 Å². The van der Waals surface area contributed by atoms with Crippen molar-refractivity contribution in [2.24, 2.45) is 11.8 Å². The average Bonchev–Trinajstić information content (AvgIpc) is 3.11. The first kappa shape index (κ1) is 20.1. The fourth-order valence-electron chi connectivity index (χ4n) is 4.68. The van der Waals surface area contributed by atoms with Crippen molar-refractivity contribution >= 4 is 17.7 Å². The summed E-state index contributed by atoms with van der Waals surface area (Å²) in [6.45, 7) is 3.85.